The maximum atomic E-state index is 6.32. The molecule has 0 bridgehead atoms. The third-order valence-electron chi connectivity index (χ3n) is 5.18. The van der Waals surface area contributed by atoms with E-state index >= 15 is 0 Å². The normalized spacial score (nSPS) is 12.1. The van der Waals surface area contributed by atoms with E-state index in [1.165, 1.54) is 22.3 Å². The number of halogens is 1. The molecule has 0 saturated carbocycles. The van der Waals surface area contributed by atoms with Crippen molar-refractivity contribution in [3.63, 3.8) is 0 Å². The van der Waals surface area contributed by atoms with E-state index in [0.29, 0.717) is 0 Å². The first-order valence-electron chi connectivity index (χ1n) is 10.2. The smallest absolute Gasteiger partial charge is 0.0467 e. The summed E-state index contributed by atoms with van der Waals surface area (Å²) in [5, 5.41) is 4.41. The molecule has 29 heavy (non-hydrogen) atoms. The van der Waals surface area contributed by atoms with Crippen LogP contribution in [-0.2, 0) is 10.8 Å². The summed E-state index contributed by atoms with van der Waals surface area (Å²) in [7, 11) is 0. The average molecular weight is 406 g/mol. The molecule has 0 atom stereocenters. The predicted octanol–water partition coefficient (Wildman–Crippen LogP) is 8.65. The van der Waals surface area contributed by atoms with Gasteiger partial charge in [0.15, 0.2) is 0 Å². The van der Waals surface area contributed by atoms with Crippen LogP contribution < -0.4 is 5.32 Å². The molecule has 152 valence electrons. The zero-order chi connectivity index (χ0) is 21.4. The SMILES string of the molecule is Cc1cc(Cl)cc(Nc2cc(C(C)(C)C)c(C(C)(C)C)cc2-c2ccccc2)c1. The molecule has 3 aromatic carbocycles. The lowest BCUT2D eigenvalue weighted by atomic mass is 9.74. The molecule has 3 rings (SSSR count). The van der Waals surface area contributed by atoms with Gasteiger partial charge in [-0.25, -0.2) is 0 Å². The highest BCUT2D eigenvalue weighted by Crippen LogP contribution is 2.41. The molecule has 0 aromatic heterocycles. The summed E-state index contributed by atoms with van der Waals surface area (Å²) >= 11 is 6.32. The topological polar surface area (TPSA) is 12.0 Å². The van der Waals surface area contributed by atoms with Gasteiger partial charge < -0.3 is 5.32 Å². The van der Waals surface area contributed by atoms with Crippen LogP contribution in [0.1, 0.15) is 58.2 Å². The van der Waals surface area contributed by atoms with Crippen LogP contribution in [0.2, 0.25) is 5.02 Å². The Hall–Kier alpha value is -2.25. The summed E-state index contributed by atoms with van der Waals surface area (Å²) in [6.07, 6.45) is 0. The number of nitrogens with one attached hydrogen (secondary N) is 1. The molecular formula is C27H32ClN. The number of benzene rings is 3. The van der Waals surface area contributed by atoms with Gasteiger partial charge in [0.2, 0.25) is 0 Å². The van der Waals surface area contributed by atoms with Gasteiger partial charge in [-0.3, -0.25) is 0 Å². The fourth-order valence-corrected chi connectivity index (χ4v) is 4.05. The summed E-state index contributed by atoms with van der Waals surface area (Å²) in [5.74, 6) is 0. The minimum atomic E-state index is 0.0402. The molecule has 0 fully saturated rings. The van der Waals surface area contributed by atoms with Crippen LogP contribution in [0.4, 0.5) is 11.4 Å². The standard InChI is InChI=1S/C27H32ClN/c1-18-13-20(28)15-21(14-18)29-25-17-24(27(5,6)7)23(26(2,3)4)16-22(25)19-11-9-8-10-12-19/h8-17,29H,1-7H3. The minimum Gasteiger partial charge on any atom is -0.355 e. The van der Waals surface area contributed by atoms with Crippen LogP contribution in [0.3, 0.4) is 0 Å². The quantitative estimate of drug-likeness (QED) is 0.459. The lowest BCUT2D eigenvalue weighted by molar-refractivity contribution is 0.531. The van der Waals surface area contributed by atoms with Crippen molar-refractivity contribution in [2.45, 2.75) is 59.3 Å². The van der Waals surface area contributed by atoms with Crippen molar-refractivity contribution in [1.29, 1.82) is 0 Å². The van der Waals surface area contributed by atoms with Crippen molar-refractivity contribution in [3.05, 3.63) is 82.4 Å². The van der Waals surface area contributed by atoms with Gasteiger partial charge in [0.1, 0.15) is 0 Å². The second-order valence-electron chi connectivity index (χ2n) is 9.95. The van der Waals surface area contributed by atoms with Crippen LogP contribution in [0, 0.1) is 6.92 Å². The zero-order valence-electron chi connectivity index (χ0n) is 18.7. The second-order valence-corrected chi connectivity index (χ2v) is 10.4. The number of anilines is 2. The molecule has 1 N–H and O–H groups in total. The minimum absolute atomic E-state index is 0.0402. The van der Waals surface area contributed by atoms with Crippen LogP contribution in [0.5, 0.6) is 0 Å². The highest BCUT2D eigenvalue weighted by Gasteiger charge is 2.27. The van der Waals surface area contributed by atoms with Gasteiger partial charge in [-0.1, -0.05) is 83.5 Å². The van der Waals surface area contributed by atoms with E-state index in [0.717, 1.165) is 22.0 Å². The Morgan fingerprint density at radius 2 is 1.31 bits per heavy atom. The van der Waals surface area contributed by atoms with Gasteiger partial charge in [-0.05, 0) is 70.3 Å². The first-order chi connectivity index (χ1) is 13.4. The molecule has 0 spiro atoms. The van der Waals surface area contributed by atoms with Crippen molar-refractivity contribution in [2.24, 2.45) is 0 Å². The summed E-state index contributed by atoms with van der Waals surface area (Å²) in [6.45, 7) is 15.8. The van der Waals surface area contributed by atoms with Gasteiger partial charge in [-0.2, -0.15) is 0 Å². The maximum absolute atomic E-state index is 6.32. The Kier molecular flexibility index (Phi) is 5.83. The Bertz CT molecular complexity index is 985. The van der Waals surface area contributed by atoms with Crippen molar-refractivity contribution < 1.29 is 0 Å². The van der Waals surface area contributed by atoms with Gasteiger partial charge in [-0.15, -0.1) is 0 Å². The third kappa shape index (κ3) is 5.03. The van der Waals surface area contributed by atoms with E-state index in [9.17, 15) is 0 Å². The van der Waals surface area contributed by atoms with Crippen molar-refractivity contribution in [3.8, 4) is 11.1 Å². The molecule has 0 unspecified atom stereocenters. The van der Waals surface area contributed by atoms with Gasteiger partial charge in [0.25, 0.3) is 0 Å². The van der Waals surface area contributed by atoms with Gasteiger partial charge in [0.05, 0.1) is 0 Å². The van der Waals surface area contributed by atoms with E-state index in [4.69, 9.17) is 11.6 Å². The Morgan fingerprint density at radius 1 is 0.724 bits per heavy atom. The van der Waals surface area contributed by atoms with E-state index in [1.54, 1.807) is 0 Å². The highest BCUT2D eigenvalue weighted by atomic mass is 35.5. The summed E-state index contributed by atoms with van der Waals surface area (Å²) < 4.78 is 0. The maximum Gasteiger partial charge on any atom is 0.0467 e. The molecule has 0 saturated heterocycles. The van der Waals surface area contributed by atoms with Crippen LogP contribution in [0.25, 0.3) is 11.1 Å². The first kappa shape index (κ1) is 21.5. The molecule has 0 radical (unpaired) electrons. The Labute approximate surface area is 181 Å². The van der Waals surface area contributed by atoms with Crippen LogP contribution in [-0.4, -0.2) is 0 Å². The molecule has 0 aliphatic rings. The zero-order valence-corrected chi connectivity index (χ0v) is 19.4. The molecule has 2 heteroatoms. The molecule has 0 aliphatic heterocycles. The largest absolute Gasteiger partial charge is 0.355 e. The van der Waals surface area contributed by atoms with E-state index in [-0.39, 0.29) is 10.8 Å². The van der Waals surface area contributed by atoms with Crippen molar-refractivity contribution in [2.75, 3.05) is 5.32 Å². The monoisotopic (exact) mass is 405 g/mol. The van der Waals surface area contributed by atoms with Crippen LogP contribution in [0.15, 0.2) is 60.7 Å². The Balaban J connectivity index is 2.27. The number of hydrogen-bond donors (Lipinski definition) is 1. The fraction of sp³-hybridized carbons (Fsp3) is 0.333. The Morgan fingerprint density at radius 3 is 1.86 bits per heavy atom. The van der Waals surface area contributed by atoms with Crippen LogP contribution >= 0.6 is 11.6 Å². The summed E-state index contributed by atoms with van der Waals surface area (Å²) in [5.41, 5.74) is 8.52. The van der Waals surface area contributed by atoms with Crippen molar-refractivity contribution >= 4 is 23.0 Å². The molecule has 3 aromatic rings. The van der Waals surface area contributed by atoms with Crippen molar-refractivity contribution in [1.82, 2.24) is 0 Å². The van der Waals surface area contributed by atoms with Gasteiger partial charge >= 0.3 is 0 Å². The number of rotatable bonds is 3. The van der Waals surface area contributed by atoms with E-state index < -0.39 is 0 Å². The van der Waals surface area contributed by atoms with E-state index in [1.807, 2.05) is 12.1 Å². The van der Waals surface area contributed by atoms with E-state index in [2.05, 4.69) is 102 Å². The molecule has 0 amide bonds. The molecular weight excluding hydrogens is 374 g/mol. The lowest BCUT2D eigenvalue weighted by Crippen LogP contribution is -2.22. The lowest BCUT2D eigenvalue weighted by Gasteiger charge is -2.32. The average Bonchev–Trinajstić information content (AvgIpc) is 2.59. The molecule has 0 heterocycles. The molecule has 0 aliphatic carbocycles. The fourth-order valence-electron chi connectivity index (χ4n) is 3.76. The first-order valence-corrected chi connectivity index (χ1v) is 10.6. The summed E-state index contributed by atoms with van der Waals surface area (Å²) in [6, 6.07) is 21.4. The predicted molar refractivity (Wildman–Crippen MR) is 129 cm³/mol. The van der Waals surface area contributed by atoms with Gasteiger partial charge in [0, 0.05) is 22.0 Å². The highest BCUT2D eigenvalue weighted by molar-refractivity contribution is 6.31. The second kappa shape index (κ2) is 7.88. The number of hydrogen-bond acceptors (Lipinski definition) is 1. The third-order valence-corrected chi connectivity index (χ3v) is 5.40. The molecule has 1 nitrogen and oxygen atoms in total. The number of aryl methyl sites for hydroxylation is 1. The summed E-state index contributed by atoms with van der Waals surface area (Å²) in [4.78, 5) is 0.